The number of nitrogens with two attached hydrogens (primary N) is 1. The van der Waals surface area contributed by atoms with Crippen LogP contribution in [0, 0.1) is 0 Å². The van der Waals surface area contributed by atoms with Crippen molar-refractivity contribution in [2.75, 3.05) is 5.73 Å². The quantitative estimate of drug-likeness (QED) is 0.379. The maximum atomic E-state index is 9.99. The maximum Gasteiger partial charge on any atom is 0.167 e. The molecule has 9 nitrogen and oxygen atoms in total. The maximum absolute atomic E-state index is 9.99. The lowest BCUT2D eigenvalue weighted by molar-refractivity contribution is -0.0179. The van der Waals surface area contributed by atoms with Crippen LogP contribution in [0.15, 0.2) is 17.8 Å². The first-order chi connectivity index (χ1) is 9.20. The second-order valence-corrected chi connectivity index (χ2v) is 4.22. The lowest BCUT2D eigenvalue weighted by Crippen LogP contribution is -2.19. The summed E-state index contributed by atoms with van der Waals surface area (Å²) < 4.78 is 7.16. The number of rotatable bonds is 2. The number of aliphatic hydroxyl groups excluding tert-OH is 1. The fourth-order valence-electron chi connectivity index (χ4n) is 2.16. The zero-order valence-electron chi connectivity index (χ0n) is 9.79. The average molecular weight is 264 g/mol. The van der Waals surface area contributed by atoms with Crippen LogP contribution in [0.1, 0.15) is 12.6 Å². The Hall–Kier alpha value is -2.26. The minimum atomic E-state index is -0.753. The third-order valence-corrected chi connectivity index (χ3v) is 3.01. The van der Waals surface area contributed by atoms with Gasteiger partial charge in [0.1, 0.15) is 24.1 Å². The molecule has 1 aliphatic heterocycles. The Bertz CT molecular complexity index is 627. The minimum Gasteiger partial charge on any atom is -0.411 e. The van der Waals surface area contributed by atoms with Gasteiger partial charge in [-0.1, -0.05) is 5.16 Å². The van der Waals surface area contributed by atoms with E-state index in [2.05, 4.69) is 20.1 Å². The average Bonchev–Trinajstić information content (AvgIpc) is 2.94. The molecule has 19 heavy (non-hydrogen) atoms. The number of hydrogen-bond acceptors (Lipinski definition) is 8. The summed E-state index contributed by atoms with van der Waals surface area (Å²) in [6, 6.07) is 0. The van der Waals surface area contributed by atoms with Crippen LogP contribution in [-0.2, 0) is 4.74 Å². The number of aliphatic hydroxyl groups is 1. The van der Waals surface area contributed by atoms with E-state index in [1.54, 1.807) is 4.57 Å². The molecule has 0 amide bonds. The summed E-state index contributed by atoms with van der Waals surface area (Å²) in [6.07, 6.45) is 2.51. The van der Waals surface area contributed by atoms with Gasteiger partial charge < -0.3 is 20.8 Å². The first kappa shape index (κ1) is 11.8. The van der Waals surface area contributed by atoms with Crippen LogP contribution in [0.2, 0.25) is 0 Å². The second kappa shape index (κ2) is 4.44. The number of ether oxygens (including phenoxy) is 1. The Morgan fingerprint density at radius 1 is 1.47 bits per heavy atom. The molecule has 0 radical (unpaired) electrons. The number of hydrogen-bond donors (Lipinski definition) is 3. The van der Waals surface area contributed by atoms with Crippen LogP contribution in [0.25, 0.3) is 11.2 Å². The van der Waals surface area contributed by atoms with E-state index in [1.165, 1.54) is 18.9 Å². The fourth-order valence-corrected chi connectivity index (χ4v) is 2.16. The van der Waals surface area contributed by atoms with Gasteiger partial charge in [-0.3, -0.25) is 4.57 Å². The molecule has 1 aliphatic rings. The van der Waals surface area contributed by atoms with Crippen molar-refractivity contribution >= 4 is 23.2 Å². The van der Waals surface area contributed by atoms with Gasteiger partial charge in [-0.2, -0.15) is 0 Å². The highest BCUT2D eigenvalue weighted by Crippen LogP contribution is 2.30. The molecule has 2 aromatic heterocycles. The van der Waals surface area contributed by atoms with Crippen molar-refractivity contribution in [1.82, 2.24) is 19.5 Å². The SMILES string of the molecule is Nc1ncnc2c1ncn2[C@@H]1O[C@H](/C=N/O)C[C@H]1O. The number of anilines is 1. The zero-order valence-corrected chi connectivity index (χ0v) is 9.79. The van der Waals surface area contributed by atoms with Crippen LogP contribution in [-0.4, -0.2) is 48.3 Å². The lowest BCUT2D eigenvalue weighted by Gasteiger charge is -2.15. The van der Waals surface area contributed by atoms with Crippen molar-refractivity contribution in [3.8, 4) is 0 Å². The van der Waals surface area contributed by atoms with Crippen LogP contribution >= 0.6 is 0 Å². The molecule has 3 heterocycles. The van der Waals surface area contributed by atoms with Gasteiger partial charge in [0.2, 0.25) is 0 Å². The predicted octanol–water partition coefficient (Wildman–Crippen LogP) is -0.483. The second-order valence-electron chi connectivity index (χ2n) is 4.22. The zero-order chi connectivity index (χ0) is 13.4. The molecule has 0 unspecified atom stereocenters. The molecule has 1 fully saturated rings. The number of nitrogen functional groups attached to an aromatic ring is 1. The van der Waals surface area contributed by atoms with Crippen molar-refractivity contribution < 1.29 is 15.1 Å². The van der Waals surface area contributed by atoms with Crippen LogP contribution in [0.5, 0.6) is 0 Å². The van der Waals surface area contributed by atoms with Crippen LogP contribution < -0.4 is 5.73 Å². The summed E-state index contributed by atoms with van der Waals surface area (Å²) in [6.45, 7) is 0. The summed E-state index contributed by atoms with van der Waals surface area (Å²) in [5, 5.41) is 21.4. The first-order valence-electron chi connectivity index (χ1n) is 5.65. The van der Waals surface area contributed by atoms with E-state index in [0.717, 1.165) is 0 Å². The van der Waals surface area contributed by atoms with E-state index in [-0.39, 0.29) is 5.82 Å². The Labute approximate surface area is 107 Å². The molecule has 2 aromatic rings. The highest BCUT2D eigenvalue weighted by atomic mass is 16.5. The molecule has 9 heteroatoms. The van der Waals surface area contributed by atoms with Gasteiger partial charge in [0.25, 0.3) is 0 Å². The standard InChI is InChI=1S/C10H12N6O3/c11-8-7-9(13-3-12-8)16(4-14-7)10-6(17)1-5(19-10)2-15-18/h2-6,10,17-18H,1H2,(H2,11,12,13)/b15-2+/t5-,6+,10+/m0/s1. The normalized spacial score (nSPS) is 27.5. The molecule has 3 atom stereocenters. The predicted molar refractivity (Wildman–Crippen MR) is 64.5 cm³/mol. The van der Waals surface area contributed by atoms with Crippen LogP contribution in [0.4, 0.5) is 5.82 Å². The number of imidazole rings is 1. The van der Waals surface area contributed by atoms with Crippen LogP contribution in [0.3, 0.4) is 0 Å². The van der Waals surface area contributed by atoms with Gasteiger partial charge in [-0.05, 0) is 0 Å². The Kier molecular flexibility index (Phi) is 2.76. The molecular weight excluding hydrogens is 252 g/mol. The molecule has 100 valence electrons. The molecule has 0 aromatic carbocycles. The number of aromatic nitrogens is 4. The first-order valence-corrected chi connectivity index (χ1v) is 5.65. The van der Waals surface area contributed by atoms with Gasteiger partial charge in [-0.25, -0.2) is 15.0 Å². The third kappa shape index (κ3) is 1.88. The summed E-state index contributed by atoms with van der Waals surface area (Å²) in [7, 11) is 0. The molecular formula is C10H12N6O3. The lowest BCUT2D eigenvalue weighted by atomic mass is 10.2. The number of nitrogens with zero attached hydrogens (tertiary/aromatic N) is 5. The van der Waals surface area contributed by atoms with E-state index < -0.39 is 18.4 Å². The van der Waals surface area contributed by atoms with E-state index >= 15 is 0 Å². The van der Waals surface area contributed by atoms with Gasteiger partial charge in [-0.15, -0.1) is 0 Å². The fraction of sp³-hybridized carbons (Fsp3) is 0.400. The smallest absolute Gasteiger partial charge is 0.167 e. The van der Waals surface area contributed by atoms with Crippen molar-refractivity contribution in [3.63, 3.8) is 0 Å². The van der Waals surface area contributed by atoms with Crippen molar-refractivity contribution in [2.24, 2.45) is 5.16 Å². The van der Waals surface area contributed by atoms with E-state index in [1.807, 2.05) is 0 Å². The summed E-state index contributed by atoms with van der Waals surface area (Å²) in [5.41, 5.74) is 6.63. The number of oxime groups is 1. The molecule has 4 N–H and O–H groups in total. The van der Waals surface area contributed by atoms with Gasteiger partial charge in [0, 0.05) is 6.42 Å². The van der Waals surface area contributed by atoms with Gasteiger partial charge in [0.05, 0.1) is 12.5 Å². The minimum absolute atomic E-state index is 0.268. The van der Waals surface area contributed by atoms with Crippen molar-refractivity contribution in [2.45, 2.75) is 24.9 Å². The third-order valence-electron chi connectivity index (χ3n) is 3.01. The number of fused-ring (bicyclic) bond motifs is 1. The Morgan fingerprint density at radius 2 is 2.32 bits per heavy atom. The molecule has 0 aliphatic carbocycles. The van der Waals surface area contributed by atoms with Crippen molar-refractivity contribution in [1.29, 1.82) is 0 Å². The topological polar surface area (TPSA) is 132 Å². The molecule has 0 bridgehead atoms. The van der Waals surface area contributed by atoms with Gasteiger partial charge >= 0.3 is 0 Å². The summed E-state index contributed by atoms with van der Waals surface area (Å²) in [4.78, 5) is 12.0. The van der Waals surface area contributed by atoms with E-state index in [4.69, 9.17) is 15.7 Å². The molecule has 1 saturated heterocycles. The largest absolute Gasteiger partial charge is 0.411 e. The molecule has 0 spiro atoms. The molecule has 0 saturated carbocycles. The van der Waals surface area contributed by atoms with E-state index in [9.17, 15) is 5.11 Å². The highest BCUT2D eigenvalue weighted by Gasteiger charge is 2.35. The molecule has 3 rings (SSSR count). The summed E-state index contributed by atoms with van der Waals surface area (Å²) >= 11 is 0. The highest BCUT2D eigenvalue weighted by molar-refractivity contribution is 5.81. The Balaban J connectivity index is 1.99. The summed E-state index contributed by atoms with van der Waals surface area (Å²) in [5.74, 6) is 0.268. The van der Waals surface area contributed by atoms with E-state index in [0.29, 0.717) is 17.6 Å². The Morgan fingerprint density at radius 3 is 3.11 bits per heavy atom. The van der Waals surface area contributed by atoms with Gasteiger partial charge in [0.15, 0.2) is 17.7 Å². The van der Waals surface area contributed by atoms with Crippen molar-refractivity contribution in [3.05, 3.63) is 12.7 Å². The monoisotopic (exact) mass is 264 g/mol.